The minimum absolute atomic E-state index is 0.282. The van der Waals surface area contributed by atoms with Crippen LogP contribution in [0, 0.1) is 5.92 Å². The summed E-state index contributed by atoms with van der Waals surface area (Å²) in [5, 5.41) is 5.52. The second kappa shape index (κ2) is 7.38. The van der Waals surface area contributed by atoms with E-state index in [1.54, 1.807) is 24.3 Å². The zero-order valence-corrected chi connectivity index (χ0v) is 16.3. The Hall–Kier alpha value is -3.10. The summed E-state index contributed by atoms with van der Waals surface area (Å²) < 4.78 is 4.96. The number of amides is 5. The molecule has 29 heavy (non-hydrogen) atoms. The number of nitrogens with one attached hydrogen (secondary N) is 2. The number of urea groups is 1. The smallest absolute Gasteiger partial charge is 0.414 e. The first-order valence-corrected chi connectivity index (χ1v) is 9.87. The molecule has 4 rings (SSSR count). The third kappa shape index (κ3) is 3.52. The Kier molecular flexibility index (Phi) is 4.89. The molecule has 1 aromatic rings. The number of rotatable bonds is 4. The molecule has 2 aliphatic heterocycles. The van der Waals surface area contributed by atoms with E-state index in [-0.39, 0.29) is 19.1 Å². The molecule has 0 aromatic heterocycles. The average molecular weight is 400 g/mol. The molecule has 5 amide bonds. The van der Waals surface area contributed by atoms with Crippen molar-refractivity contribution in [2.45, 2.75) is 38.1 Å². The van der Waals surface area contributed by atoms with E-state index in [0.29, 0.717) is 36.7 Å². The summed E-state index contributed by atoms with van der Waals surface area (Å²) in [6.45, 7) is 2.43. The normalized spacial score (nSPS) is 26.7. The number of anilines is 2. The highest BCUT2D eigenvalue weighted by Crippen LogP contribution is 2.36. The van der Waals surface area contributed by atoms with Crippen molar-refractivity contribution in [3.63, 3.8) is 0 Å². The van der Waals surface area contributed by atoms with Crippen molar-refractivity contribution in [3.8, 4) is 0 Å². The van der Waals surface area contributed by atoms with E-state index >= 15 is 0 Å². The van der Waals surface area contributed by atoms with Crippen LogP contribution in [0.15, 0.2) is 24.3 Å². The Morgan fingerprint density at radius 2 is 1.97 bits per heavy atom. The molecule has 0 radical (unpaired) electrons. The summed E-state index contributed by atoms with van der Waals surface area (Å²) in [5.41, 5.74) is 0.0593. The van der Waals surface area contributed by atoms with Crippen molar-refractivity contribution in [1.82, 2.24) is 10.2 Å². The van der Waals surface area contributed by atoms with Crippen LogP contribution in [0.25, 0.3) is 0 Å². The molecule has 3 aliphatic rings. The lowest BCUT2D eigenvalue weighted by molar-refractivity contribution is -0.135. The van der Waals surface area contributed by atoms with Crippen LogP contribution >= 0.6 is 0 Å². The third-order valence-corrected chi connectivity index (χ3v) is 5.91. The SMILES string of the molecule is CC1CCC2(CC1)NC(=O)N(CC(=O)Nc1ccccc1N1CCOC1=O)C2=O. The van der Waals surface area contributed by atoms with E-state index in [4.69, 9.17) is 4.74 Å². The second-order valence-electron chi connectivity index (χ2n) is 7.92. The number of carbonyl (C=O) groups excluding carboxylic acids is 4. The number of imide groups is 1. The van der Waals surface area contributed by atoms with Crippen LogP contribution in [0.2, 0.25) is 0 Å². The van der Waals surface area contributed by atoms with E-state index in [1.165, 1.54) is 4.90 Å². The van der Waals surface area contributed by atoms with Gasteiger partial charge in [0.25, 0.3) is 5.91 Å². The molecular formula is C20H24N4O5. The standard InChI is InChI=1S/C20H24N4O5/c1-13-6-8-20(9-7-13)17(26)24(18(27)22-20)12-16(25)21-14-4-2-3-5-15(14)23-10-11-29-19(23)28/h2-5,13H,6-12H2,1H3,(H,21,25)(H,22,27). The first-order chi connectivity index (χ1) is 13.9. The van der Waals surface area contributed by atoms with Gasteiger partial charge in [-0.25, -0.2) is 9.59 Å². The van der Waals surface area contributed by atoms with E-state index in [9.17, 15) is 19.2 Å². The van der Waals surface area contributed by atoms with Crippen LogP contribution in [0.3, 0.4) is 0 Å². The first kappa shape index (κ1) is 19.2. The molecule has 1 saturated carbocycles. The number of carbonyl (C=O) groups is 4. The Labute approximate surface area is 168 Å². The summed E-state index contributed by atoms with van der Waals surface area (Å²) >= 11 is 0. The minimum Gasteiger partial charge on any atom is -0.447 e. The third-order valence-electron chi connectivity index (χ3n) is 5.91. The minimum atomic E-state index is -0.874. The molecule has 1 aliphatic carbocycles. The lowest BCUT2D eigenvalue weighted by atomic mass is 9.77. The summed E-state index contributed by atoms with van der Waals surface area (Å²) in [6, 6.07) is 6.31. The largest absolute Gasteiger partial charge is 0.447 e. The van der Waals surface area contributed by atoms with E-state index in [1.807, 2.05) is 0 Å². The maximum Gasteiger partial charge on any atom is 0.414 e. The number of para-hydroxylation sites is 2. The van der Waals surface area contributed by atoms with Crippen molar-refractivity contribution in [1.29, 1.82) is 0 Å². The summed E-state index contributed by atoms with van der Waals surface area (Å²) in [5.74, 6) is -0.313. The summed E-state index contributed by atoms with van der Waals surface area (Å²) in [6.07, 6.45) is 2.44. The highest BCUT2D eigenvalue weighted by atomic mass is 16.6. The fourth-order valence-electron chi connectivity index (χ4n) is 4.17. The average Bonchev–Trinajstić information content (AvgIpc) is 3.22. The van der Waals surface area contributed by atoms with Gasteiger partial charge in [0, 0.05) is 0 Å². The maximum absolute atomic E-state index is 12.9. The van der Waals surface area contributed by atoms with Gasteiger partial charge in [-0.15, -0.1) is 0 Å². The van der Waals surface area contributed by atoms with Gasteiger partial charge < -0.3 is 15.4 Å². The van der Waals surface area contributed by atoms with Gasteiger partial charge in [-0.3, -0.25) is 19.4 Å². The molecule has 9 nitrogen and oxygen atoms in total. The van der Waals surface area contributed by atoms with Gasteiger partial charge in [-0.2, -0.15) is 0 Å². The Bertz CT molecular complexity index is 862. The van der Waals surface area contributed by atoms with E-state index in [2.05, 4.69) is 17.6 Å². The first-order valence-electron chi connectivity index (χ1n) is 9.87. The number of hydrogen-bond acceptors (Lipinski definition) is 5. The molecule has 1 aromatic carbocycles. The van der Waals surface area contributed by atoms with Crippen molar-refractivity contribution < 1.29 is 23.9 Å². The molecule has 0 atom stereocenters. The molecule has 3 fully saturated rings. The molecule has 2 saturated heterocycles. The van der Waals surface area contributed by atoms with Gasteiger partial charge in [0.1, 0.15) is 18.7 Å². The highest BCUT2D eigenvalue weighted by molar-refractivity contribution is 6.10. The second-order valence-corrected chi connectivity index (χ2v) is 7.92. The molecule has 2 heterocycles. The van der Waals surface area contributed by atoms with Gasteiger partial charge in [0.15, 0.2) is 0 Å². The van der Waals surface area contributed by atoms with Gasteiger partial charge in [0.2, 0.25) is 5.91 Å². The quantitative estimate of drug-likeness (QED) is 0.753. The predicted octanol–water partition coefficient (Wildman–Crippen LogP) is 2.08. The molecule has 1 spiro atoms. The number of benzene rings is 1. The number of ether oxygens (including phenoxy) is 1. The Morgan fingerprint density at radius 3 is 2.66 bits per heavy atom. The van der Waals surface area contributed by atoms with Gasteiger partial charge >= 0.3 is 12.1 Å². The number of nitrogens with zero attached hydrogens (tertiary/aromatic N) is 2. The molecule has 9 heteroatoms. The molecule has 0 bridgehead atoms. The molecule has 2 N–H and O–H groups in total. The van der Waals surface area contributed by atoms with Crippen molar-refractivity contribution in [2.75, 3.05) is 29.9 Å². The zero-order valence-electron chi connectivity index (χ0n) is 16.3. The van der Waals surface area contributed by atoms with Crippen molar-refractivity contribution in [2.24, 2.45) is 5.92 Å². The highest BCUT2D eigenvalue weighted by Gasteiger charge is 2.52. The fraction of sp³-hybridized carbons (Fsp3) is 0.500. The lowest BCUT2D eigenvalue weighted by Gasteiger charge is -2.33. The van der Waals surface area contributed by atoms with Crippen LogP contribution < -0.4 is 15.5 Å². The van der Waals surface area contributed by atoms with Gasteiger partial charge in [-0.05, 0) is 43.7 Å². The lowest BCUT2D eigenvalue weighted by Crippen LogP contribution is -2.49. The number of cyclic esters (lactones) is 1. The molecule has 0 unspecified atom stereocenters. The predicted molar refractivity (Wildman–Crippen MR) is 104 cm³/mol. The summed E-state index contributed by atoms with van der Waals surface area (Å²) in [7, 11) is 0. The van der Waals surface area contributed by atoms with Crippen LogP contribution in [0.5, 0.6) is 0 Å². The van der Waals surface area contributed by atoms with E-state index < -0.39 is 23.6 Å². The van der Waals surface area contributed by atoms with Crippen LogP contribution in [0.1, 0.15) is 32.6 Å². The topological polar surface area (TPSA) is 108 Å². The van der Waals surface area contributed by atoms with Crippen LogP contribution in [-0.2, 0) is 14.3 Å². The monoisotopic (exact) mass is 400 g/mol. The molecular weight excluding hydrogens is 376 g/mol. The van der Waals surface area contributed by atoms with Crippen LogP contribution in [0.4, 0.5) is 21.0 Å². The van der Waals surface area contributed by atoms with Crippen molar-refractivity contribution in [3.05, 3.63) is 24.3 Å². The van der Waals surface area contributed by atoms with Crippen molar-refractivity contribution >= 4 is 35.3 Å². The van der Waals surface area contributed by atoms with E-state index in [0.717, 1.165) is 17.7 Å². The maximum atomic E-state index is 12.9. The number of hydrogen-bond donors (Lipinski definition) is 2. The molecule has 154 valence electrons. The van der Waals surface area contributed by atoms with Gasteiger partial charge in [0.05, 0.1) is 17.9 Å². The Morgan fingerprint density at radius 1 is 1.24 bits per heavy atom. The van der Waals surface area contributed by atoms with Gasteiger partial charge in [-0.1, -0.05) is 19.1 Å². The fourth-order valence-corrected chi connectivity index (χ4v) is 4.17. The summed E-state index contributed by atoms with van der Waals surface area (Å²) in [4.78, 5) is 52.2. The Balaban J connectivity index is 1.45. The van der Waals surface area contributed by atoms with Crippen LogP contribution in [-0.4, -0.2) is 54.1 Å². The zero-order chi connectivity index (χ0) is 20.6.